The lowest BCUT2D eigenvalue weighted by Crippen LogP contribution is -2.28. The molecule has 0 aliphatic rings. The average molecular weight is 336 g/mol. The van der Waals surface area contributed by atoms with Crippen LogP contribution >= 0.6 is 0 Å². The molecule has 0 aliphatic heterocycles. The summed E-state index contributed by atoms with van der Waals surface area (Å²) >= 11 is 0. The fraction of sp³-hybridized carbons (Fsp3) is 0.167. The first-order valence-electron chi connectivity index (χ1n) is 8.68. The molecule has 3 rings (SSSR count). The monoisotopic (exact) mass is 336 g/mol. The van der Waals surface area contributed by atoms with Gasteiger partial charge in [0.15, 0.2) is 5.41 Å². The van der Waals surface area contributed by atoms with Gasteiger partial charge in [-0.2, -0.15) is 10.5 Å². The van der Waals surface area contributed by atoms with E-state index in [1.54, 1.807) is 6.08 Å². The number of nitriles is 2. The highest BCUT2D eigenvalue weighted by Gasteiger charge is 2.40. The lowest BCUT2D eigenvalue weighted by molar-refractivity contribution is 0.408. The predicted octanol–water partition coefficient (Wildman–Crippen LogP) is 5.78. The van der Waals surface area contributed by atoms with Gasteiger partial charge in [-0.25, -0.2) is 0 Å². The number of nitrogens with zero attached hydrogens (tertiary/aromatic N) is 2. The summed E-state index contributed by atoms with van der Waals surface area (Å²) < 4.78 is 0. The third-order valence-corrected chi connectivity index (χ3v) is 4.90. The second-order valence-electron chi connectivity index (χ2n) is 6.54. The van der Waals surface area contributed by atoms with E-state index >= 15 is 0 Å². The van der Waals surface area contributed by atoms with Gasteiger partial charge in [0.25, 0.3) is 0 Å². The van der Waals surface area contributed by atoms with Gasteiger partial charge >= 0.3 is 0 Å². The molecule has 0 N–H and O–H groups in total. The normalized spacial score (nSPS) is 12.1. The number of rotatable bonds is 6. The number of allylic oxidation sites excluding steroid dienone is 1. The fourth-order valence-electron chi connectivity index (χ4n) is 3.51. The maximum atomic E-state index is 10.0. The molecule has 3 aromatic carbocycles. The minimum atomic E-state index is -1.14. The van der Waals surface area contributed by atoms with Crippen LogP contribution in [0.1, 0.15) is 23.5 Å². The van der Waals surface area contributed by atoms with Gasteiger partial charge in [-0.1, -0.05) is 78.9 Å². The van der Waals surface area contributed by atoms with Crippen LogP contribution < -0.4 is 0 Å². The molecular weight excluding hydrogens is 316 g/mol. The highest BCUT2D eigenvalue weighted by atomic mass is 14.5. The second kappa shape index (κ2) is 7.68. The Labute approximate surface area is 154 Å². The van der Waals surface area contributed by atoms with Gasteiger partial charge in [0.1, 0.15) is 0 Å². The molecule has 0 radical (unpaired) electrons. The summed E-state index contributed by atoms with van der Waals surface area (Å²) in [5, 5.41) is 22.3. The molecule has 0 spiro atoms. The molecule has 126 valence electrons. The van der Waals surface area contributed by atoms with Crippen LogP contribution in [0.5, 0.6) is 0 Å². The van der Waals surface area contributed by atoms with Gasteiger partial charge < -0.3 is 0 Å². The van der Waals surface area contributed by atoms with E-state index in [1.165, 1.54) is 0 Å². The Hall–Kier alpha value is -3.36. The largest absolute Gasteiger partial charge is 0.197 e. The Morgan fingerprint density at radius 3 is 2.19 bits per heavy atom. The van der Waals surface area contributed by atoms with E-state index in [-0.39, 0.29) is 5.92 Å². The van der Waals surface area contributed by atoms with E-state index in [4.69, 9.17) is 0 Å². The van der Waals surface area contributed by atoms with E-state index in [0.29, 0.717) is 12.8 Å². The van der Waals surface area contributed by atoms with Crippen LogP contribution in [0.2, 0.25) is 0 Å². The van der Waals surface area contributed by atoms with Crippen LogP contribution in [-0.2, 0) is 6.42 Å². The van der Waals surface area contributed by atoms with Crippen LogP contribution in [0, 0.1) is 28.1 Å². The van der Waals surface area contributed by atoms with Crippen molar-refractivity contribution in [2.24, 2.45) is 5.41 Å². The topological polar surface area (TPSA) is 47.6 Å². The molecule has 1 unspecified atom stereocenters. The first-order chi connectivity index (χ1) is 12.7. The highest BCUT2D eigenvalue weighted by molar-refractivity contribution is 5.83. The number of hydrogen-bond donors (Lipinski definition) is 0. The van der Waals surface area contributed by atoms with E-state index in [9.17, 15) is 10.5 Å². The van der Waals surface area contributed by atoms with Gasteiger partial charge in [0, 0.05) is 12.3 Å². The van der Waals surface area contributed by atoms with Crippen molar-refractivity contribution in [2.45, 2.75) is 18.8 Å². The molecule has 0 amide bonds. The smallest absolute Gasteiger partial charge is 0.154 e. The van der Waals surface area contributed by atoms with Crippen molar-refractivity contribution in [3.05, 3.63) is 96.6 Å². The van der Waals surface area contributed by atoms with E-state index in [2.05, 4.69) is 43.0 Å². The molecule has 0 saturated carbocycles. The third kappa shape index (κ3) is 3.37. The Bertz CT molecular complexity index is 976. The quantitative estimate of drug-likeness (QED) is 0.536. The summed E-state index contributed by atoms with van der Waals surface area (Å²) in [6, 6.07) is 28.7. The summed E-state index contributed by atoms with van der Waals surface area (Å²) in [6.07, 6.45) is 2.77. The molecule has 0 aromatic heterocycles. The van der Waals surface area contributed by atoms with Crippen molar-refractivity contribution in [1.29, 1.82) is 10.5 Å². The number of hydrogen-bond acceptors (Lipinski definition) is 2. The standard InChI is InChI=1S/C24H20N2/c1-2-8-23(22-14-13-20-11-6-7-12-21(20)15-22)24(17-25,18-26)16-19-9-4-3-5-10-19/h2-7,9-15,23H,1,8,16H2. The molecule has 3 aromatic rings. The van der Waals surface area contributed by atoms with Crippen LogP contribution in [0.4, 0.5) is 0 Å². The molecule has 0 saturated heterocycles. The average Bonchev–Trinajstić information content (AvgIpc) is 2.71. The Kier molecular flexibility index (Phi) is 5.16. The highest BCUT2D eigenvalue weighted by Crippen LogP contribution is 2.41. The second-order valence-corrected chi connectivity index (χ2v) is 6.54. The van der Waals surface area contributed by atoms with Crippen LogP contribution in [0.25, 0.3) is 10.8 Å². The summed E-state index contributed by atoms with van der Waals surface area (Å²) in [7, 11) is 0. The van der Waals surface area contributed by atoms with Crippen LogP contribution in [0.15, 0.2) is 85.5 Å². The van der Waals surface area contributed by atoms with Gasteiger partial charge in [0.05, 0.1) is 12.1 Å². The van der Waals surface area contributed by atoms with Crippen molar-refractivity contribution in [3.8, 4) is 12.1 Å². The number of benzene rings is 3. The van der Waals surface area contributed by atoms with E-state index < -0.39 is 5.41 Å². The summed E-state index contributed by atoms with van der Waals surface area (Å²) in [5.41, 5.74) is 0.853. The molecule has 0 bridgehead atoms. The van der Waals surface area contributed by atoms with E-state index in [1.807, 2.05) is 48.5 Å². The fourth-order valence-corrected chi connectivity index (χ4v) is 3.51. The predicted molar refractivity (Wildman–Crippen MR) is 105 cm³/mol. The van der Waals surface area contributed by atoms with Gasteiger partial charge in [0.2, 0.25) is 0 Å². The van der Waals surface area contributed by atoms with Gasteiger partial charge in [-0.15, -0.1) is 6.58 Å². The zero-order valence-corrected chi connectivity index (χ0v) is 14.6. The van der Waals surface area contributed by atoms with Crippen molar-refractivity contribution < 1.29 is 0 Å². The lowest BCUT2D eigenvalue weighted by atomic mass is 9.69. The van der Waals surface area contributed by atoms with Crippen molar-refractivity contribution in [3.63, 3.8) is 0 Å². The third-order valence-electron chi connectivity index (χ3n) is 4.90. The van der Waals surface area contributed by atoms with Crippen LogP contribution in [-0.4, -0.2) is 0 Å². The van der Waals surface area contributed by atoms with Crippen molar-refractivity contribution >= 4 is 10.8 Å². The SMILES string of the molecule is C=CCC(c1ccc2ccccc2c1)C(C#N)(C#N)Cc1ccccc1. The molecule has 2 heteroatoms. The number of fused-ring (bicyclic) bond motifs is 1. The maximum Gasteiger partial charge on any atom is 0.154 e. The summed E-state index contributed by atoms with van der Waals surface area (Å²) in [5.74, 6) is -0.236. The molecule has 26 heavy (non-hydrogen) atoms. The van der Waals surface area contributed by atoms with Crippen molar-refractivity contribution in [2.75, 3.05) is 0 Å². The van der Waals surface area contributed by atoms with Crippen LogP contribution in [0.3, 0.4) is 0 Å². The summed E-state index contributed by atoms with van der Waals surface area (Å²) in [4.78, 5) is 0. The van der Waals surface area contributed by atoms with E-state index in [0.717, 1.165) is 21.9 Å². The molecule has 2 nitrogen and oxygen atoms in total. The first-order valence-corrected chi connectivity index (χ1v) is 8.68. The van der Waals surface area contributed by atoms with Gasteiger partial charge in [-0.3, -0.25) is 0 Å². The minimum Gasteiger partial charge on any atom is -0.197 e. The summed E-state index contributed by atoms with van der Waals surface area (Å²) in [6.45, 7) is 3.86. The minimum absolute atomic E-state index is 0.236. The first kappa shape index (κ1) is 17.5. The van der Waals surface area contributed by atoms with Gasteiger partial charge in [-0.05, 0) is 28.3 Å². The Balaban J connectivity index is 2.09. The molecular formula is C24H20N2. The lowest BCUT2D eigenvalue weighted by Gasteiger charge is -2.29. The molecule has 0 heterocycles. The zero-order chi connectivity index (χ0) is 18.4. The zero-order valence-electron chi connectivity index (χ0n) is 14.6. The Morgan fingerprint density at radius 2 is 1.54 bits per heavy atom. The molecule has 1 atom stereocenters. The van der Waals surface area contributed by atoms with Crippen molar-refractivity contribution in [1.82, 2.24) is 0 Å². The molecule has 0 aliphatic carbocycles. The maximum absolute atomic E-state index is 10.0. The molecule has 0 fully saturated rings. The Morgan fingerprint density at radius 1 is 0.885 bits per heavy atom.